The maximum atomic E-state index is 12.8. The zero-order valence-electron chi connectivity index (χ0n) is 12.9. The van der Waals surface area contributed by atoms with Crippen molar-refractivity contribution in [2.75, 3.05) is 0 Å². The van der Waals surface area contributed by atoms with Gasteiger partial charge in [-0.1, -0.05) is 12.1 Å². The SMILES string of the molecule is C=CCn1nc(-c2cccs2)c2cnn(C(C)(C)C)c2c1=O. The maximum Gasteiger partial charge on any atom is 0.293 e. The third kappa shape index (κ3) is 2.29. The lowest BCUT2D eigenvalue weighted by Gasteiger charge is -2.20. The minimum Gasteiger partial charge on any atom is -0.265 e. The number of aromatic nitrogens is 4. The van der Waals surface area contributed by atoms with Crippen LogP contribution in [0, 0.1) is 0 Å². The van der Waals surface area contributed by atoms with Crippen molar-refractivity contribution in [3.8, 4) is 10.6 Å². The van der Waals surface area contributed by atoms with E-state index in [4.69, 9.17) is 0 Å². The van der Waals surface area contributed by atoms with Crippen LogP contribution in [-0.4, -0.2) is 19.6 Å². The quantitative estimate of drug-likeness (QED) is 0.697. The van der Waals surface area contributed by atoms with Crippen molar-refractivity contribution < 1.29 is 0 Å². The second kappa shape index (κ2) is 5.21. The van der Waals surface area contributed by atoms with Crippen molar-refractivity contribution in [3.05, 3.63) is 46.7 Å². The Morgan fingerprint density at radius 1 is 1.41 bits per heavy atom. The first-order valence-electron chi connectivity index (χ1n) is 7.07. The fourth-order valence-electron chi connectivity index (χ4n) is 2.42. The van der Waals surface area contributed by atoms with E-state index in [0.717, 1.165) is 16.0 Å². The Hall–Kier alpha value is -2.21. The van der Waals surface area contributed by atoms with Gasteiger partial charge in [0.2, 0.25) is 0 Å². The van der Waals surface area contributed by atoms with Gasteiger partial charge in [-0.3, -0.25) is 9.48 Å². The number of rotatable bonds is 3. The topological polar surface area (TPSA) is 52.7 Å². The van der Waals surface area contributed by atoms with Crippen LogP contribution in [0.1, 0.15) is 20.8 Å². The van der Waals surface area contributed by atoms with E-state index in [2.05, 4.69) is 16.8 Å². The molecule has 3 aromatic heterocycles. The molecular formula is C16H18N4OS. The molecule has 0 atom stereocenters. The van der Waals surface area contributed by atoms with Crippen molar-refractivity contribution >= 4 is 22.2 Å². The highest BCUT2D eigenvalue weighted by Crippen LogP contribution is 2.30. The monoisotopic (exact) mass is 314 g/mol. The second-order valence-electron chi connectivity index (χ2n) is 6.09. The average Bonchev–Trinajstić information content (AvgIpc) is 3.10. The fraction of sp³-hybridized carbons (Fsp3) is 0.312. The molecule has 0 bridgehead atoms. The molecule has 0 aliphatic carbocycles. The molecule has 22 heavy (non-hydrogen) atoms. The molecule has 0 spiro atoms. The van der Waals surface area contributed by atoms with E-state index in [9.17, 15) is 4.79 Å². The predicted molar refractivity (Wildman–Crippen MR) is 90.3 cm³/mol. The predicted octanol–water partition coefficient (Wildman–Crippen LogP) is 3.26. The normalized spacial score (nSPS) is 12.0. The lowest BCUT2D eigenvalue weighted by Crippen LogP contribution is -2.30. The largest absolute Gasteiger partial charge is 0.293 e. The van der Waals surface area contributed by atoms with Crippen LogP contribution < -0.4 is 5.56 Å². The molecule has 0 saturated carbocycles. The molecule has 6 heteroatoms. The Morgan fingerprint density at radius 3 is 2.77 bits per heavy atom. The summed E-state index contributed by atoms with van der Waals surface area (Å²) in [5.41, 5.74) is 0.971. The molecular weight excluding hydrogens is 296 g/mol. The van der Waals surface area contributed by atoms with Crippen LogP contribution in [0.25, 0.3) is 21.5 Å². The van der Waals surface area contributed by atoms with Crippen molar-refractivity contribution in [3.63, 3.8) is 0 Å². The molecule has 0 aromatic carbocycles. The molecule has 0 amide bonds. The highest BCUT2D eigenvalue weighted by molar-refractivity contribution is 7.13. The molecule has 0 saturated heterocycles. The van der Waals surface area contributed by atoms with Gasteiger partial charge in [-0.15, -0.1) is 17.9 Å². The summed E-state index contributed by atoms with van der Waals surface area (Å²) in [5.74, 6) is 0. The summed E-state index contributed by atoms with van der Waals surface area (Å²) in [7, 11) is 0. The molecule has 3 aromatic rings. The first-order chi connectivity index (χ1) is 10.4. The highest BCUT2D eigenvalue weighted by atomic mass is 32.1. The summed E-state index contributed by atoms with van der Waals surface area (Å²) < 4.78 is 3.23. The number of fused-ring (bicyclic) bond motifs is 1. The third-order valence-electron chi connectivity index (χ3n) is 3.37. The Bertz CT molecular complexity index is 881. The minimum absolute atomic E-state index is 0.136. The molecule has 114 valence electrons. The smallest absolute Gasteiger partial charge is 0.265 e. The van der Waals surface area contributed by atoms with Crippen LogP contribution in [-0.2, 0) is 12.1 Å². The second-order valence-corrected chi connectivity index (χ2v) is 7.04. The zero-order chi connectivity index (χ0) is 15.9. The average molecular weight is 314 g/mol. The van der Waals surface area contributed by atoms with Gasteiger partial charge in [0.05, 0.1) is 28.5 Å². The lowest BCUT2D eigenvalue weighted by molar-refractivity contribution is 0.366. The van der Waals surface area contributed by atoms with Crippen LogP contribution in [0.4, 0.5) is 0 Å². The summed E-state index contributed by atoms with van der Waals surface area (Å²) in [5, 5.41) is 11.8. The van der Waals surface area contributed by atoms with Crippen LogP contribution >= 0.6 is 11.3 Å². The summed E-state index contributed by atoms with van der Waals surface area (Å²) in [4.78, 5) is 13.8. The summed E-state index contributed by atoms with van der Waals surface area (Å²) in [6, 6.07) is 3.98. The Morgan fingerprint density at radius 2 is 2.18 bits per heavy atom. The standard InChI is InChI=1S/C16H18N4OS/c1-5-8-19-15(21)14-11(10-17-20(14)16(2,3)4)13(18-19)12-7-6-9-22-12/h5-7,9-10H,1,8H2,2-4H3. The van der Waals surface area contributed by atoms with Gasteiger partial charge in [0.15, 0.2) is 0 Å². The van der Waals surface area contributed by atoms with Gasteiger partial charge in [0.25, 0.3) is 5.56 Å². The number of hydrogen-bond acceptors (Lipinski definition) is 4. The van der Waals surface area contributed by atoms with Crippen LogP contribution in [0.2, 0.25) is 0 Å². The van der Waals surface area contributed by atoms with E-state index < -0.39 is 0 Å². The lowest BCUT2D eigenvalue weighted by atomic mass is 10.1. The number of thiophene rings is 1. The summed E-state index contributed by atoms with van der Waals surface area (Å²) in [6.45, 7) is 10.2. The van der Waals surface area contributed by atoms with Crippen molar-refractivity contribution in [2.45, 2.75) is 32.9 Å². The van der Waals surface area contributed by atoms with E-state index in [-0.39, 0.29) is 11.1 Å². The van der Waals surface area contributed by atoms with Crippen LogP contribution in [0.3, 0.4) is 0 Å². The molecule has 5 nitrogen and oxygen atoms in total. The molecule has 0 aliphatic heterocycles. The zero-order valence-corrected chi connectivity index (χ0v) is 13.7. The number of nitrogens with zero attached hydrogens (tertiary/aromatic N) is 4. The van der Waals surface area contributed by atoms with Gasteiger partial charge in [0, 0.05) is 0 Å². The van der Waals surface area contributed by atoms with E-state index in [0.29, 0.717) is 12.1 Å². The van der Waals surface area contributed by atoms with Crippen molar-refractivity contribution in [2.24, 2.45) is 0 Å². The third-order valence-corrected chi connectivity index (χ3v) is 4.25. The molecule has 0 unspecified atom stereocenters. The first kappa shape index (κ1) is 14.7. The van der Waals surface area contributed by atoms with Gasteiger partial charge in [-0.25, -0.2) is 4.68 Å². The Kier molecular flexibility index (Phi) is 3.48. The van der Waals surface area contributed by atoms with Gasteiger partial charge < -0.3 is 0 Å². The van der Waals surface area contributed by atoms with E-state index in [1.165, 1.54) is 4.68 Å². The maximum absolute atomic E-state index is 12.8. The van der Waals surface area contributed by atoms with Gasteiger partial charge in [-0.05, 0) is 32.2 Å². The number of allylic oxidation sites excluding steroid dienone is 1. The van der Waals surface area contributed by atoms with E-state index in [1.54, 1.807) is 28.3 Å². The Balaban J connectivity index is 2.42. The fourth-order valence-corrected chi connectivity index (χ4v) is 3.14. The molecule has 3 rings (SSSR count). The highest BCUT2D eigenvalue weighted by Gasteiger charge is 2.23. The van der Waals surface area contributed by atoms with Crippen LogP contribution in [0.15, 0.2) is 41.2 Å². The van der Waals surface area contributed by atoms with Crippen molar-refractivity contribution in [1.29, 1.82) is 0 Å². The molecule has 0 radical (unpaired) electrons. The molecule has 0 aliphatic rings. The van der Waals surface area contributed by atoms with Gasteiger partial charge in [-0.2, -0.15) is 10.2 Å². The van der Waals surface area contributed by atoms with E-state index in [1.807, 2.05) is 38.3 Å². The Labute approximate surface area is 132 Å². The van der Waals surface area contributed by atoms with Crippen molar-refractivity contribution in [1.82, 2.24) is 19.6 Å². The van der Waals surface area contributed by atoms with E-state index >= 15 is 0 Å². The minimum atomic E-state index is -0.277. The molecule has 3 heterocycles. The summed E-state index contributed by atoms with van der Waals surface area (Å²) >= 11 is 1.60. The number of hydrogen-bond donors (Lipinski definition) is 0. The molecule has 0 fully saturated rings. The first-order valence-corrected chi connectivity index (χ1v) is 7.95. The van der Waals surface area contributed by atoms with Crippen LogP contribution in [0.5, 0.6) is 0 Å². The summed E-state index contributed by atoms with van der Waals surface area (Å²) in [6.07, 6.45) is 3.42. The van der Waals surface area contributed by atoms with Gasteiger partial charge >= 0.3 is 0 Å². The molecule has 0 N–H and O–H groups in total. The van der Waals surface area contributed by atoms with Gasteiger partial charge in [0.1, 0.15) is 11.2 Å².